The van der Waals surface area contributed by atoms with Gasteiger partial charge in [0.25, 0.3) is 0 Å². The van der Waals surface area contributed by atoms with Gasteiger partial charge in [0.15, 0.2) is 23.1 Å². The molecule has 0 saturated heterocycles. The minimum Gasteiger partial charge on any atom is -0.505 e. The van der Waals surface area contributed by atoms with Crippen LogP contribution in [0.3, 0.4) is 0 Å². The highest BCUT2D eigenvalue weighted by Crippen LogP contribution is 2.44. The van der Waals surface area contributed by atoms with E-state index in [1.165, 1.54) is 13.3 Å². The predicted molar refractivity (Wildman–Crippen MR) is 132 cm³/mol. The molecule has 0 fully saturated rings. The van der Waals surface area contributed by atoms with E-state index in [-0.39, 0.29) is 16.6 Å². The fourth-order valence-corrected chi connectivity index (χ4v) is 4.40. The summed E-state index contributed by atoms with van der Waals surface area (Å²) in [5.41, 5.74) is 2.77. The number of aromatic nitrogens is 2. The summed E-state index contributed by atoms with van der Waals surface area (Å²) in [7, 11) is 3.10. The number of aromatic hydroxyl groups is 1. The second-order valence-corrected chi connectivity index (χ2v) is 8.20. The van der Waals surface area contributed by atoms with Gasteiger partial charge in [-0.2, -0.15) is 0 Å². The minimum atomic E-state index is -0.747. The van der Waals surface area contributed by atoms with E-state index in [1.807, 2.05) is 38.1 Å². The number of methoxy groups -OCH3 is 2. The average molecular weight is 482 g/mol. The molecule has 1 unspecified atom stereocenters. The molecule has 8 heteroatoms. The number of anilines is 1. The van der Waals surface area contributed by atoms with Crippen LogP contribution in [0.5, 0.6) is 17.2 Å². The Morgan fingerprint density at radius 2 is 1.79 bits per heavy atom. The highest BCUT2D eigenvalue weighted by molar-refractivity contribution is 6.31. The van der Waals surface area contributed by atoms with E-state index in [9.17, 15) is 5.11 Å². The van der Waals surface area contributed by atoms with E-state index >= 15 is 4.39 Å². The maximum absolute atomic E-state index is 15.3. The third kappa shape index (κ3) is 4.07. The summed E-state index contributed by atoms with van der Waals surface area (Å²) >= 11 is 6.15. The van der Waals surface area contributed by atoms with Crippen LogP contribution < -0.4 is 14.8 Å². The molecular weight excluding hydrogens is 457 g/mol. The molecule has 0 aliphatic rings. The number of aryl methyl sites for hydroxylation is 1. The molecule has 34 heavy (non-hydrogen) atoms. The van der Waals surface area contributed by atoms with Gasteiger partial charge in [0.05, 0.1) is 25.3 Å². The number of hydrogen-bond donors (Lipinski definition) is 2. The van der Waals surface area contributed by atoms with Crippen molar-refractivity contribution in [3.05, 3.63) is 81.9 Å². The summed E-state index contributed by atoms with van der Waals surface area (Å²) < 4.78 is 26.6. The smallest absolute Gasteiger partial charge is 0.170 e. The SMILES string of the molecule is CCc1c(Cl)cnc(NC(c2ccc(C)c(OC)c2OC)c2ccc3cccnc3c2O)c1F. The van der Waals surface area contributed by atoms with Gasteiger partial charge in [-0.15, -0.1) is 0 Å². The number of fused-ring (bicyclic) bond motifs is 1. The Labute approximate surface area is 202 Å². The molecule has 0 amide bonds. The number of nitrogens with one attached hydrogen (secondary N) is 1. The lowest BCUT2D eigenvalue weighted by atomic mass is 9.94. The van der Waals surface area contributed by atoms with Gasteiger partial charge in [0.2, 0.25) is 0 Å². The fourth-order valence-electron chi connectivity index (χ4n) is 4.13. The molecular formula is C26H25ClFN3O3. The fraction of sp³-hybridized carbons (Fsp3) is 0.231. The first-order valence-electron chi connectivity index (χ1n) is 10.8. The lowest BCUT2D eigenvalue weighted by molar-refractivity contribution is 0.349. The molecule has 0 bridgehead atoms. The maximum Gasteiger partial charge on any atom is 0.170 e. The summed E-state index contributed by atoms with van der Waals surface area (Å²) in [5, 5.41) is 15.4. The van der Waals surface area contributed by atoms with Crippen LogP contribution in [0.1, 0.15) is 35.2 Å². The Bertz CT molecular complexity index is 1360. The molecule has 2 aromatic carbocycles. The van der Waals surface area contributed by atoms with Gasteiger partial charge in [-0.1, -0.05) is 48.9 Å². The van der Waals surface area contributed by atoms with Crippen LogP contribution in [-0.4, -0.2) is 29.3 Å². The number of nitrogens with zero attached hydrogens (tertiary/aromatic N) is 2. The number of halogens is 2. The van der Waals surface area contributed by atoms with Crippen molar-refractivity contribution in [3.63, 3.8) is 0 Å². The van der Waals surface area contributed by atoms with Crippen molar-refractivity contribution in [2.45, 2.75) is 26.3 Å². The lowest BCUT2D eigenvalue weighted by Gasteiger charge is -2.25. The number of pyridine rings is 2. The van der Waals surface area contributed by atoms with Gasteiger partial charge in [0, 0.05) is 34.5 Å². The van der Waals surface area contributed by atoms with Crippen LogP contribution in [0.4, 0.5) is 10.2 Å². The summed E-state index contributed by atoms with van der Waals surface area (Å²) in [4.78, 5) is 8.53. The Morgan fingerprint density at radius 3 is 2.50 bits per heavy atom. The van der Waals surface area contributed by atoms with Gasteiger partial charge in [-0.25, -0.2) is 9.37 Å². The first-order valence-corrected chi connectivity index (χ1v) is 11.2. The molecule has 176 valence electrons. The molecule has 0 spiro atoms. The van der Waals surface area contributed by atoms with Gasteiger partial charge < -0.3 is 19.9 Å². The number of phenols is 1. The van der Waals surface area contributed by atoms with E-state index in [0.29, 0.717) is 40.1 Å². The van der Waals surface area contributed by atoms with E-state index in [1.54, 1.807) is 25.4 Å². The Kier molecular flexibility index (Phi) is 6.75. The highest BCUT2D eigenvalue weighted by atomic mass is 35.5. The number of hydrogen-bond acceptors (Lipinski definition) is 6. The average Bonchev–Trinajstić information content (AvgIpc) is 2.85. The Balaban J connectivity index is 1.97. The van der Waals surface area contributed by atoms with Crippen molar-refractivity contribution in [3.8, 4) is 17.2 Å². The first kappa shape index (κ1) is 23.6. The summed E-state index contributed by atoms with van der Waals surface area (Å²) in [6.45, 7) is 3.72. The van der Waals surface area contributed by atoms with E-state index in [2.05, 4.69) is 15.3 Å². The second kappa shape index (κ2) is 9.73. The zero-order valence-electron chi connectivity index (χ0n) is 19.3. The van der Waals surface area contributed by atoms with E-state index in [0.717, 1.165) is 10.9 Å². The third-order valence-electron chi connectivity index (χ3n) is 5.85. The van der Waals surface area contributed by atoms with Crippen molar-refractivity contribution >= 4 is 28.3 Å². The summed E-state index contributed by atoms with van der Waals surface area (Å²) in [6.07, 6.45) is 3.43. The molecule has 0 aliphatic heterocycles. The monoisotopic (exact) mass is 481 g/mol. The van der Waals surface area contributed by atoms with E-state index < -0.39 is 11.9 Å². The number of rotatable bonds is 7. The van der Waals surface area contributed by atoms with Crippen LogP contribution in [0.2, 0.25) is 5.02 Å². The topological polar surface area (TPSA) is 76.5 Å². The zero-order chi connectivity index (χ0) is 24.4. The van der Waals surface area contributed by atoms with Crippen molar-refractivity contribution in [2.24, 2.45) is 0 Å². The molecule has 4 rings (SSSR count). The molecule has 6 nitrogen and oxygen atoms in total. The van der Waals surface area contributed by atoms with Crippen LogP contribution in [0.25, 0.3) is 10.9 Å². The largest absolute Gasteiger partial charge is 0.505 e. The van der Waals surface area contributed by atoms with Crippen molar-refractivity contribution < 1.29 is 19.0 Å². The van der Waals surface area contributed by atoms with Crippen LogP contribution in [-0.2, 0) is 6.42 Å². The van der Waals surface area contributed by atoms with Gasteiger partial charge in [0.1, 0.15) is 11.3 Å². The van der Waals surface area contributed by atoms with Crippen LogP contribution in [0.15, 0.2) is 48.8 Å². The molecule has 0 radical (unpaired) electrons. The first-order chi connectivity index (χ1) is 16.4. The minimum absolute atomic E-state index is 0.00774. The molecule has 2 N–H and O–H groups in total. The maximum atomic E-state index is 15.3. The predicted octanol–water partition coefficient (Wildman–Crippen LogP) is 6.22. The van der Waals surface area contributed by atoms with Crippen molar-refractivity contribution in [1.29, 1.82) is 0 Å². The molecule has 2 aromatic heterocycles. The lowest BCUT2D eigenvalue weighted by Crippen LogP contribution is -2.17. The summed E-state index contributed by atoms with van der Waals surface area (Å²) in [6, 6.07) is 10.3. The molecule has 0 aliphatic carbocycles. The zero-order valence-corrected chi connectivity index (χ0v) is 20.1. The van der Waals surface area contributed by atoms with E-state index in [4.69, 9.17) is 21.1 Å². The summed E-state index contributed by atoms with van der Waals surface area (Å²) in [5.74, 6) is 0.446. The molecule has 1 atom stereocenters. The van der Waals surface area contributed by atoms with Crippen LogP contribution >= 0.6 is 11.6 Å². The van der Waals surface area contributed by atoms with Gasteiger partial charge >= 0.3 is 0 Å². The normalized spacial score (nSPS) is 11.9. The number of ether oxygens (including phenoxy) is 2. The number of phenolic OH excluding ortho intramolecular Hbond substituents is 1. The standard InChI is InChI=1S/C26H25ClFN3O3/c1-5-16-19(27)13-30-26(20(16)28)31-22(18-10-8-14(2)24(33-3)25(18)34-4)17-11-9-15-7-6-12-29-21(15)23(17)32/h6-13,22,32H,5H2,1-4H3,(H,30,31). The quantitative estimate of drug-likeness (QED) is 0.326. The molecule has 2 heterocycles. The second-order valence-electron chi connectivity index (χ2n) is 7.79. The molecule has 0 saturated carbocycles. The van der Waals surface area contributed by atoms with Crippen molar-refractivity contribution in [2.75, 3.05) is 19.5 Å². The Morgan fingerprint density at radius 1 is 1.06 bits per heavy atom. The third-order valence-corrected chi connectivity index (χ3v) is 6.18. The van der Waals surface area contributed by atoms with Gasteiger partial charge in [-0.05, 0) is 25.0 Å². The van der Waals surface area contributed by atoms with Crippen molar-refractivity contribution in [1.82, 2.24) is 9.97 Å². The highest BCUT2D eigenvalue weighted by Gasteiger charge is 2.27. The van der Waals surface area contributed by atoms with Gasteiger partial charge in [-0.3, -0.25) is 4.98 Å². The number of benzene rings is 2. The molecule has 4 aromatic rings. The Hall–Kier alpha value is -3.58. The van der Waals surface area contributed by atoms with Crippen LogP contribution in [0, 0.1) is 12.7 Å².